The summed E-state index contributed by atoms with van der Waals surface area (Å²) in [4.78, 5) is 0. The van der Waals surface area contributed by atoms with E-state index in [1.165, 1.54) is 11.8 Å². The van der Waals surface area contributed by atoms with Crippen molar-refractivity contribution in [3.63, 3.8) is 0 Å². The molecule has 1 aromatic heterocycles. The molecule has 0 saturated heterocycles. The highest BCUT2D eigenvalue weighted by atomic mass is 32.2. The van der Waals surface area contributed by atoms with Crippen LogP contribution in [0.5, 0.6) is 0 Å². The molecule has 6 nitrogen and oxygen atoms in total. The molecule has 0 amide bonds. The van der Waals surface area contributed by atoms with Crippen molar-refractivity contribution < 1.29 is 20.4 Å². The summed E-state index contributed by atoms with van der Waals surface area (Å²) in [5, 5.41) is 45.5. The molecule has 0 aliphatic carbocycles. The van der Waals surface area contributed by atoms with Crippen LogP contribution in [0.2, 0.25) is 0 Å². The van der Waals surface area contributed by atoms with E-state index in [1.54, 1.807) is 0 Å². The lowest BCUT2D eigenvalue weighted by Gasteiger charge is -2.19. The molecule has 0 spiro atoms. The van der Waals surface area contributed by atoms with E-state index in [9.17, 15) is 15.3 Å². The Labute approximate surface area is 130 Å². The SMILES string of the molecule is OC[C@H](O)[C@H](O)[C@@H](O)c1nnc(SCc2ccccc2)s1. The monoisotopic (exact) mass is 328 g/mol. The zero-order valence-corrected chi connectivity index (χ0v) is 12.7. The summed E-state index contributed by atoms with van der Waals surface area (Å²) in [5.74, 6) is 0.730. The Morgan fingerprint density at radius 3 is 2.48 bits per heavy atom. The van der Waals surface area contributed by atoms with Gasteiger partial charge in [0.2, 0.25) is 0 Å². The van der Waals surface area contributed by atoms with E-state index in [0.717, 1.165) is 22.7 Å². The summed E-state index contributed by atoms with van der Waals surface area (Å²) in [5.41, 5.74) is 1.15. The standard InChI is InChI=1S/C13H16N2O4S2/c16-6-9(17)10(18)11(19)12-14-15-13(21-12)20-7-8-4-2-1-3-5-8/h1-5,9-11,16-19H,6-7H2/t9-,10-,11+/m0/s1. The van der Waals surface area contributed by atoms with Crippen molar-refractivity contribution in [2.75, 3.05) is 6.61 Å². The van der Waals surface area contributed by atoms with Gasteiger partial charge in [0.25, 0.3) is 0 Å². The first kappa shape index (κ1) is 16.3. The smallest absolute Gasteiger partial charge is 0.174 e. The van der Waals surface area contributed by atoms with Crippen molar-refractivity contribution in [2.24, 2.45) is 0 Å². The highest BCUT2D eigenvalue weighted by Crippen LogP contribution is 2.30. The number of hydrogen-bond donors (Lipinski definition) is 4. The molecular weight excluding hydrogens is 312 g/mol. The van der Waals surface area contributed by atoms with Crippen LogP contribution in [0.3, 0.4) is 0 Å². The Balaban J connectivity index is 1.95. The fourth-order valence-electron chi connectivity index (χ4n) is 1.58. The number of hydrogen-bond acceptors (Lipinski definition) is 8. The number of aliphatic hydroxyl groups excluding tert-OH is 4. The quantitative estimate of drug-likeness (QED) is 0.551. The second-order valence-corrected chi connectivity index (χ2v) is 6.60. The van der Waals surface area contributed by atoms with E-state index in [4.69, 9.17) is 5.11 Å². The predicted molar refractivity (Wildman–Crippen MR) is 80.0 cm³/mol. The zero-order chi connectivity index (χ0) is 15.2. The highest BCUT2D eigenvalue weighted by Gasteiger charge is 2.28. The molecule has 3 atom stereocenters. The van der Waals surface area contributed by atoms with E-state index in [-0.39, 0.29) is 5.01 Å². The summed E-state index contributed by atoms with van der Waals surface area (Å²) >= 11 is 2.63. The fraction of sp³-hybridized carbons (Fsp3) is 0.385. The van der Waals surface area contributed by atoms with Crippen LogP contribution in [-0.4, -0.2) is 49.4 Å². The highest BCUT2D eigenvalue weighted by molar-refractivity contribution is 8.00. The maximum atomic E-state index is 9.87. The van der Waals surface area contributed by atoms with Crippen LogP contribution in [0.25, 0.3) is 0 Å². The Morgan fingerprint density at radius 1 is 1.10 bits per heavy atom. The number of aromatic nitrogens is 2. The first-order chi connectivity index (χ1) is 10.1. The number of thioether (sulfide) groups is 1. The molecule has 4 N–H and O–H groups in total. The lowest BCUT2D eigenvalue weighted by atomic mass is 10.1. The molecule has 0 radical (unpaired) electrons. The van der Waals surface area contributed by atoms with Crippen molar-refractivity contribution in [3.05, 3.63) is 40.9 Å². The third kappa shape index (κ3) is 4.47. The van der Waals surface area contributed by atoms with Crippen LogP contribution in [0.1, 0.15) is 16.7 Å². The van der Waals surface area contributed by atoms with Gasteiger partial charge in [-0.15, -0.1) is 10.2 Å². The Hall–Kier alpha value is -1.03. The van der Waals surface area contributed by atoms with E-state index < -0.39 is 24.9 Å². The zero-order valence-electron chi connectivity index (χ0n) is 11.0. The van der Waals surface area contributed by atoms with Crippen LogP contribution >= 0.6 is 23.1 Å². The molecule has 2 aromatic rings. The van der Waals surface area contributed by atoms with Crippen molar-refractivity contribution in [2.45, 2.75) is 28.4 Å². The van der Waals surface area contributed by atoms with Gasteiger partial charge in [0.15, 0.2) is 4.34 Å². The molecule has 0 unspecified atom stereocenters. The number of benzene rings is 1. The molecule has 114 valence electrons. The normalized spacial score (nSPS) is 15.6. The fourth-order valence-corrected chi connectivity index (χ4v) is 3.43. The topological polar surface area (TPSA) is 107 Å². The predicted octanol–water partition coefficient (Wildman–Crippen LogP) is 0.578. The largest absolute Gasteiger partial charge is 0.394 e. The van der Waals surface area contributed by atoms with Gasteiger partial charge in [-0.1, -0.05) is 53.4 Å². The first-order valence-corrected chi connectivity index (χ1v) is 8.07. The number of rotatable bonds is 7. The molecule has 1 heterocycles. The minimum Gasteiger partial charge on any atom is -0.394 e. The molecule has 8 heteroatoms. The molecule has 0 saturated carbocycles. The van der Waals surface area contributed by atoms with Gasteiger partial charge in [0, 0.05) is 5.75 Å². The van der Waals surface area contributed by atoms with Gasteiger partial charge in [0.1, 0.15) is 23.3 Å². The first-order valence-electron chi connectivity index (χ1n) is 6.27. The third-order valence-corrected chi connectivity index (χ3v) is 4.98. The Morgan fingerprint density at radius 2 is 1.81 bits per heavy atom. The van der Waals surface area contributed by atoms with E-state index in [2.05, 4.69) is 10.2 Å². The average molecular weight is 328 g/mol. The van der Waals surface area contributed by atoms with Crippen LogP contribution in [-0.2, 0) is 5.75 Å². The van der Waals surface area contributed by atoms with Crippen molar-refractivity contribution in [3.8, 4) is 0 Å². The molecule has 0 aliphatic rings. The maximum Gasteiger partial charge on any atom is 0.174 e. The molecule has 0 fully saturated rings. The van der Waals surface area contributed by atoms with Crippen molar-refractivity contribution >= 4 is 23.1 Å². The second kappa shape index (κ2) is 7.83. The van der Waals surface area contributed by atoms with Gasteiger partial charge in [-0.3, -0.25) is 0 Å². The number of nitrogens with zero attached hydrogens (tertiary/aromatic N) is 2. The average Bonchev–Trinajstić information content (AvgIpc) is 3.00. The van der Waals surface area contributed by atoms with Gasteiger partial charge in [-0.05, 0) is 5.56 Å². The summed E-state index contributed by atoms with van der Waals surface area (Å²) in [6.07, 6.45) is -4.27. The van der Waals surface area contributed by atoms with Gasteiger partial charge in [-0.25, -0.2) is 0 Å². The summed E-state index contributed by atoms with van der Waals surface area (Å²) in [7, 11) is 0. The minimum atomic E-state index is -1.49. The van der Waals surface area contributed by atoms with Gasteiger partial charge in [-0.2, -0.15) is 0 Å². The van der Waals surface area contributed by atoms with Crippen molar-refractivity contribution in [1.82, 2.24) is 10.2 Å². The van der Waals surface area contributed by atoms with Gasteiger partial charge < -0.3 is 20.4 Å². The second-order valence-electron chi connectivity index (χ2n) is 4.37. The molecule has 1 aromatic carbocycles. The maximum absolute atomic E-state index is 9.87. The van der Waals surface area contributed by atoms with E-state index in [0.29, 0.717) is 4.34 Å². The van der Waals surface area contributed by atoms with Crippen LogP contribution in [0.4, 0.5) is 0 Å². The van der Waals surface area contributed by atoms with Gasteiger partial charge >= 0.3 is 0 Å². The molecule has 2 rings (SSSR count). The van der Waals surface area contributed by atoms with Crippen LogP contribution < -0.4 is 0 Å². The third-order valence-electron chi connectivity index (χ3n) is 2.79. The summed E-state index contributed by atoms with van der Waals surface area (Å²) < 4.78 is 0.665. The number of aliphatic hydroxyl groups is 4. The van der Waals surface area contributed by atoms with E-state index in [1.807, 2.05) is 30.3 Å². The van der Waals surface area contributed by atoms with E-state index >= 15 is 0 Å². The molecular formula is C13H16N2O4S2. The molecule has 0 aliphatic heterocycles. The lowest BCUT2D eigenvalue weighted by Crippen LogP contribution is -2.34. The van der Waals surface area contributed by atoms with Gasteiger partial charge in [0.05, 0.1) is 6.61 Å². The molecule has 21 heavy (non-hydrogen) atoms. The Kier molecular flexibility index (Phi) is 6.09. The lowest BCUT2D eigenvalue weighted by molar-refractivity contribution is -0.0778. The minimum absolute atomic E-state index is 0.213. The van der Waals surface area contributed by atoms with Crippen LogP contribution in [0.15, 0.2) is 34.7 Å². The summed E-state index contributed by atoms with van der Waals surface area (Å²) in [6.45, 7) is -0.632. The molecule has 0 bridgehead atoms. The Bertz CT molecular complexity index is 552. The van der Waals surface area contributed by atoms with Crippen LogP contribution in [0, 0.1) is 0 Å². The summed E-state index contributed by atoms with van der Waals surface area (Å²) in [6, 6.07) is 9.87. The van der Waals surface area contributed by atoms with Crippen molar-refractivity contribution in [1.29, 1.82) is 0 Å².